The number of phenolic OH excluding ortho intramolecular Hbond substituents is 1. The molecule has 0 bridgehead atoms. The third-order valence-corrected chi connectivity index (χ3v) is 3.15. The minimum Gasteiger partial charge on any atom is -0.508 e. The molecule has 0 unspecified atom stereocenters. The first-order valence-corrected chi connectivity index (χ1v) is 7.12. The van der Waals surface area contributed by atoms with Gasteiger partial charge in [-0.1, -0.05) is 6.07 Å². The van der Waals surface area contributed by atoms with E-state index in [4.69, 9.17) is 4.74 Å². The SMILES string of the molecule is O=C(Nc1cccc(O)c1)c1ccn(COc2ccc(F)cc2)n1. The average Bonchev–Trinajstić information content (AvgIpc) is 3.03. The van der Waals surface area contributed by atoms with Gasteiger partial charge in [-0.15, -0.1) is 0 Å². The second-order valence-corrected chi connectivity index (χ2v) is 4.97. The molecule has 1 aromatic heterocycles. The maximum atomic E-state index is 12.8. The predicted molar refractivity (Wildman–Crippen MR) is 85.3 cm³/mol. The van der Waals surface area contributed by atoms with Gasteiger partial charge in [-0.25, -0.2) is 9.07 Å². The number of halogens is 1. The summed E-state index contributed by atoms with van der Waals surface area (Å²) >= 11 is 0. The van der Waals surface area contributed by atoms with Crippen LogP contribution in [0.15, 0.2) is 60.8 Å². The summed E-state index contributed by atoms with van der Waals surface area (Å²) in [7, 11) is 0. The van der Waals surface area contributed by atoms with Gasteiger partial charge in [0.25, 0.3) is 5.91 Å². The Morgan fingerprint density at radius 3 is 2.75 bits per heavy atom. The molecule has 2 aromatic carbocycles. The summed E-state index contributed by atoms with van der Waals surface area (Å²) in [6.07, 6.45) is 1.60. The fraction of sp³-hybridized carbons (Fsp3) is 0.0588. The molecular formula is C17H14FN3O3. The third-order valence-electron chi connectivity index (χ3n) is 3.15. The molecule has 1 heterocycles. The van der Waals surface area contributed by atoms with Gasteiger partial charge in [0.15, 0.2) is 12.4 Å². The number of nitrogens with zero attached hydrogens (tertiary/aromatic N) is 2. The van der Waals surface area contributed by atoms with E-state index in [9.17, 15) is 14.3 Å². The lowest BCUT2D eigenvalue weighted by atomic mass is 10.3. The number of benzene rings is 2. The predicted octanol–water partition coefficient (Wildman–Crippen LogP) is 3.02. The first-order chi connectivity index (χ1) is 11.6. The number of carbonyl (C=O) groups is 1. The zero-order chi connectivity index (χ0) is 16.9. The summed E-state index contributed by atoms with van der Waals surface area (Å²) in [5.41, 5.74) is 0.679. The lowest BCUT2D eigenvalue weighted by molar-refractivity contribution is 0.102. The average molecular weight is 327 g/mol. The molecule has 0 aliphatic carbocycles. The zero-order valence-corrected chi connectivity index (χ0v) is 12.5. The van der Waals surface area contributed by atoms with Gasteiger partial charge >= 0.3 is 0 Å². The Morgan fingerprint density at radius 2 is 2.00 bits per heavy atom. The van der Waals surface area contributed by atoms with Crippen molar-refractivity contribution in [2.24, 2.45) is 0 Å². The van der Waals surface area contributed by atoms with Crippen molar-refractivity contribution >= 4 is 11.6 Å². The monoisotopic (exact) mass is 327 g/mol. The van der Waals surface area contributed by atoms with Crippen LogP contribution in [-0.4, -0.2) is 20.8 Å². The lowest BCUT2D eigenvalue weighted by Gasteiger charge is -2.06. The maximum absolute atomic E-state index is 12.8. The standard InChI is InChI=1S/C17H14FN3O3/c18-12-4-6-15(7-5-12)24-11-21-9-8-16(20-21)17(23)19-13-2-1-3-14(22)10-13/h1-10,22H,11H2,(H,19,23). The van der Waals surface area contributed by atoms with Crippen LogP contribution in [0, 0.1) is 5.82 Å². The largest absolute Gasteiger partial charge is 0.508 e. The Labute approximate surface area is 137 Å². The molecule has 0 radical (unpaired) electrons. The lowest BCUT2D eigenvalue weighted by Crippen LogP contribution is -2.14. The van der Waals surface area contributed by atoms with Crippen LogP contribution < -0.4 is 10.1 Å². The first-order valence-electron chi connectivity index (χ1n) is 7.12. The number of ether oxygens (including phenoxy) is 1. The van der Waals surface area contributed by atoms with Crippen LogP contribution in [0.25, 0.3) is 0 Å². The van der Waals surface area contributed by atoms with E-state index in [0.717, 1.165) is 0 Å². The molecule has 0 spiro atoms. The van der Waals surface area contributed by atoms with Gasteiger partial charge in [-0.2, -0.15) is 5.10 Å². The Morgan fingerprint density at radius 1 is 1.21 bits per heavy atom. The Bertz CT molecular complexity index is 846. The molecule has 3 rings (SSSR count). The van der Waals surface area contributed by atoms with Crippen LogP contribution in [0.4, 0.5) is 10.1 Å². The highest BCUT2D eigenvalue weighted by Crippen LogP contribution is 2.16. The molecule has 2 N–H and O–H groups in total. The van der Waals surface area contributed by atoms with Crippen molar-refractivity contribution in [2.45, 2.75) is 6.73 Å². The van der Waals surface area contributed by atoms with Crippen molar-refractivity contribution in [2.75, 3.05) is 5.32 Å². The third kappa shape index (κ3) is 3.89. The van der Waals surface area contributed by atoms with Crippen LogP contribution in [0.2, 0.25) is 0 Å². The number of hydrogen-bond donors (Lipinski definition) is 2. The molecule has 3 aromatic rings. The van der Waals surface area contributed by atoms with Crippen molar-refractivity contribution in [3.63, 3.8) is 0 Å². The fourth-order valence-corrected chi connectivity index (χ4v) is 2.00. The van der Waals surface area contributed by atoms with E-state index < -0.39 is 5.91 Å². The molecule has 122 valence electrons. The summed E-state index contributed by atoms with van der Waals surface area (Å²) in [5, 5.41) is 16.1. The van der Waals surface area contributed by atoms with Gasteiger partial charge in [0.1, 0.15) is 17.3 Å². The molecule has 6 nitrogen and oxygen atoms in total. The minimum atomic E-state index is -0.402. The molecule has 7 heteroatoms. The van der Waals surface area contributed by atoms with E-state index >= 15 is 0 Å². The normalized spacial score (nSPS) is 10.4. The maximum Gasteiger partial charge on any atom is 0.276 e. The van der Waals surface area contributed by atoms with E-state index in [0.29, 0.717) is 11.4 Å². The molecule has 0 saturated carbocycles. The van der Waals surface area contributed by atoms with E-state index in [1.807, 2.05) is 0 Å². The smallest absolute Gasteiger partial charge is 0.276 e. The van der Waals surface area contributed by atoms with Crippen LogP contribution in [0.5, 0.6) is 11.5 Å². The van der Waals surface area contributed by atoms with Crippen LogP contribution in [0.3, 0.4) is 0 Å². The van der Waals surface area contributed by atoms with Crippen molar-refractivity contribution in [3.05, 3.63) is 72.3 Å². The number of amides is 1. The number of phenols is 1. The van der Waals surface area contributed by atoms with Crippen LogP contribution in [0.1, 0.15) is 10.5 Å². The highest BCUT2D eigenvalue weighted by molar-refractivity contribution is 6.02. The highest BCUT2D eigenvalue weighted by Gasteiger charge is 2.10. The number of aromatic nitrogens is 2. The highest BCUT2D eigenvalue weighted by atomic mass is 19.1. The van der Waals surface area contributed by atoms with Crippen LogP contribution >= 0.6 is 0 Å². The zero-order valence-electron chi connectivity index (χ0n) is 12.5. The van der Waals surface area contributed by atoms with Crippen molar-refractivity contribution in [1.82, 2.24) is 9.78 Å². The summed E-state index contributed by atoms with van der Waals surface area (Å²) in [5.74, 6) is -0.183. The van der Waals surface area contributed by atoms with Crippen molar-refractivity contribution in [3.8, 4) is 11.5 Å². The summed E-state index contributed by atoms with van der Waals surface area (Å²) < 4.78 is 19.7. The Kier molecular flexibility index (Phi) is 4.42. The minimum absolute atomic E-state index is 0.0611. The number of aromatic hydroxyl groups is 1. The van der Waals surface area contributed by atoms with Crippen LogP contribution in [-0.2, 0) is 6.73 Å². The number of anilines is 1. The molecule has 0 fully saturated rings. The second kappa shape index (κ2) is 6.82. The van der Waals surface area contributed by atoms with Gasteiger partial charge < -0.3 is 15.2 Å². The molecule has 24 heavy (non-hydrogen) atoms. The van der Waals surface area contributed by atoms with E-state index in [2.05, 4.69) is 10.4 Å². The Hall–Kier alpha value is -3.35. The summed E-state index contributed by atoms with van der Waals surface area (Å²) in [6.45, 7) is 0.0883. The molecule has 1 amide bonds. The summed E-state index contributed by atoms with van der Waals surface area (Å²) in [4.78, 5) is 12.1. The van der Waals surface area contributed by atoms with E-state index in [-0.39, 0.29) is 24.0 Å². The fourth-order valence-electron chi connectivity index (χ4n) is 2.00. The Balaban J connectivity index is 1.60. The second-order valence-electron chi connectivity index (χ2n) is 4.97. The topological polar surface area (TPSA) is 76.4 Å². The van der Waals surface area contributed by atoms with Crippen molar-refractivity contribution < 1.29 is 19.0 Å². The molecular weight excluding hydrogens is 313 g/mol. The van der Waals surface area contributed by atoms with Gasteiger partial charge in [-0.3, -0.25) is 4.79 Å². The molecule has 0 aliphatic rings. The molecule has 0 atom stereocenters. The molecule has 0 saturated heterocycles. The van der Waals surface area contributed by atoms with Gasteiger partial charge in [0, 0.05) is 18.0 Å². The van der Waals surface area contributed by atoms with Gasteiger partial charge in [-0.05, 0) is 42.5 Å². The number of hydrogen-bond acceptors (Lipinski definition) is 4. The van der Waals surface area contributed by atoms with Gasteiger partial charge in [0.05, 0.1) is 0 Å². The van der Waals surface area contributed by atoms with E-state index in [1.165, 1.54) is 41.1 Å². The summed E-state index contributed by atoms with van der Waals surface area (Å²) in [6, 6.07) is 13.4. The van der Waals surface area contributed by atoms with E-state index in [1.54, 1.807) is 24.4 Å². The number of rotatable bonds is 5. The van der Waals surface area contributed by atoms with Crippen molar-refractivity contribution in [1.29, 1.82) is 0 Å². The number of carbonyl (C=O) groups excluding carboxylic acids is 1. The number of nitrogens with one attached hydrogen (secondary N) is 1. The molecule has 0 aliphatic heterocycles. The quantitative estimate of drug-likeness (QED) is 0.755. The first kappa shape index (κ1) is 15.5. The van der Waals surface area contributed by atoms with Gasteiger partial charge in [0.2, 0.25) is 0 Å².